The Labute approximate surface area is 164 Å². The van der Waals surface area contributed by atoms with Gasteiger partial charge in [-0.1, -0.05) is 24.8 Å². The summed E-state index contributed by atoms with van der Waals surface area (Å²) in [7, 11) is 0. The number of halogens is 2. The van der Waals surface area contributed by atoms with Crippen LogP contribution in [-0.4, -0.2) is 28.5 Å². The van der Waals surface area contributed by atoms with Crippen LogP contribution < -0.4 is 10.9 Å². The van der Waals surface area contributed by atoms with Crippen LogP contribution in [0.1, 0.15) is 39.1 Å². The number of rotatable bonds is 6. The van der Waals surface area contributed by atoms with E-state index in [9.17, 15) is 18.4 Å². The van der Waals surface area contributed by atoms with Crippen molar-refractivity contribution in [2.75, 3.05) is 13.2 Å². The molecule has 0 saturated heterocycles. The average Bonchev–Trinajstić information content (AvgIpc) is 2.99. The number of allylic oxidation sites excluding steroid dienone is 1. The summed E-state index contributed by atoms with van der Waals surface area (Å²) in [5.41, 5.74) is 0.691. The van der Waals surface area contributed by atoms with E-state index in [1.807, 2.05) is 0 Å². The van der Waals surface area contributed by atoms with E-state index >= 15 is 0 Å². The lowest BCUT2D eigenvalue weighted by Gasteiger charge is -2.09. The molecule has 1 aromatic carbocycles. The molecule has 0 radical (unpaired) electrons. The molecule has 0 unspecified atom stereocenters. The zero-order chi connectivity index (χ0) is 20.4. The van der Waals surface area contributed by atoms with Crippen LogP contribution >= 0.6 is 11.3 Å². The van der Waals surface area contributed by atoms with Crippen molar-refractivity contribution in [3.05, 3.63) is 74.4 Å². The summed E-state index contributed by atoms with van der Waals surface area (Å²) in [6, 6.07) is 5.93. The molecule has 5 nitrogen and oxygen atoms in total. The molecule has 0 bridgehead atoms. The summed E-state index contributed by atoms with van der Waals surface area (Å²) in [5.74, 6) is -0.913. The molecule has 3 rings (SSSR count). The Balaban J connectivity index is 2.04. The maximum Gasteiger partial charge on any atom is 0.269 e. The molecule has 0 aliphatic rings. The predicted molar refractivity (Wildman–Crippen MR) is 106 cm³/mol. The smallest absolute Gasteiger partial charge is 0.269 e. The number of hydrogen-bond donors (Lipinski definition) is 1. The number of nitrogens with zero attached hydrogens (tertiary/aromatic N) is 2. The average molecular weight is 403 g/mol. The second kappa shape index (κ2) is 8.02. The van der Waals surface area contributed by atoms with Gasteiger partial charge in [0.2, 0.25) is 0 Å². The third kappa shape index (κ3) is 3.60. The van der Waals surface area contributed by atoms with Gasteiger partial charge in [0.1, 0.15) is 18.2 Å². The maximum absolute atomic E-state index is 14.7. The fourth-order valence-corrected chi connectivity index (χ4v) is 3.97. The van der Waals surface area contributed by atoms with Gasteiger partial charge < -0.3 is 5.32 Å². The van der Waals surface area contributed by atoms with Crippen molar-refractivity contribution < 1.29 is 13.6 Å². The van der Waals surface area contributed by atoms with Crippen LogP contribution in [0.3, 0.4) is 0 Å². The van der Waals surface area contributed by atoms with Crippen LogP contribution in [0.25, 0.3) is 10.5 Å². The molecule has 28 heavy (non-hydrogen) atoms. The van der Waals surface area contributed by atoms with Crippen LogP contribution in [-0.2, 0) is 6.42 Å². The molecule has 3 aromatic rings. The largest absolute Gasteiger partial charge is 0.351 e. The van der Waals surface area contributed by atoms with Crippen molar-refractivity contribution in [3.63, 3.8) is 0 Å². The monoisotopic (exact) mass is 403 g/mol. The van der Waals surface area contributed by atoms with Crippen LogP contribution in [0.5, 0.6) is 0 Å². The Morgan fingerprint density at radius 3 is 2.82 bits per heavy atom. The van der Waals surface area contributed by atoms with Crippen molar-refractivity contribution in [1.29, 1.82) is 0 Å². The van der Waals surface area contributed by atoms with Crippen molar-refractivity contribution >= 4 is 27.8 Å². The third-order valence-corrected chi connectivity index (χ3v) is 5.24. The van der Waals surface area contributed by atoms with E-state index in [-0.39, 0.29) is 29.2 Å². The molecule has 0 spiro atoms. The van der Waals surface area contributed by atoms with Gasteiger partial charge in [-0.15, -0.1) is 11.3 Å². The first kappa shape index (κ1) is 19.9. The molecule has 1 N–H and O–H groups in total. The van der Waals surface area contributed by atoms with E-state index in [4.69, 9.17) is 0 Å². The fraction of sp³-hybridized carbons (Fsp3) is 0.250. The highest BCUT2D eigenvalue weighted by molar-refractivity contribution is 7.17. The van der Waals surface area contributed by atoms with Crippen molar-refractivity contribution in [3.8, 4) is 0 Å². The highest BCUT2D eigenvalue weighted by atomic mass is 32.1. The second-order valence-corrected chi connectivity index (χ2v) is 7.44. The topological polar surface area (TPSA) is 63.5 Å². The van der Waals surface area contributed by atoms with E-state index in [0.717, 1.165) is 0 Å². The van der Waals surface area contributed by atoms with Crippen LogP contribution in [0.4, 0.5) is 8.78 Å². The predicted octanol–water partition coefficient (Wildman–Crippen LogP) is 3.53. The molecule has 0 aliphatic heterocycles. The van der Waals surface area contributed by atoms with Crippen LogP contribution in [0.15, 0.2) is 35.6 Å². The molecular formula is C20H19F2N3O2S. The van der Waals surface area contributed by atoms with Gasteiger partial charge in [-0.2, -0.15) is 0 Å². The number of carbonyl (C=O) groups is 1. The summed E-state index contributed by atoms with van der Waals surface area (Å²) in [5, 5.41) is 2.68. The summed E-state index contributed by atoms with van der Waals surface area (Å²) in [6.07, 6.45) is 0.0679. The number of aromatic nitrogens is 2. The molecule has 0 aliphatic carbocycles. The standard InChI is InChI=1S/C20H19F2N3O2S/c1-4-23-19(27)18-12(3)28-20-24-14(9-16(26)25(18)20)8-13-6-5-7-15(17(13)22)11(2)10-21/h5-7,9H,2,4,8,10H2,1,3H3,(H,23,27). The fourth-order valence-electron chi connectivity index (χ4n) is 2.98. The Hall–Kier alpha value is -2.87. The van der Waals surface area contributed by atoms with Gasteiger partial charge in [-0.3, -0.25) is 9.59 Å². The number of thiazole rings is 1. The maximum atomic E-state index is 14.7. The van der Waals surface area contributed by atoms with E-state index in [1.54, 1.807) is 26.0 Å². The first-order valence-electron chi connectivity index (χ1n) is 8.69. The van der Waals surface area contributed by atoms with Crippen molar-refractivity contribution in [2.45, 2.75) is 20.3 Å². The van der Waals surface area contributed by atoms with Crippen molar-refractivity contribution in [2.24, 2.45) is 0 Å². The SMILES string of the molecule is C=C(CF)c1cccc(Cc2cc(=O)n3c(C(=O)NCC)c(C)sc3n2)c1F. The van der Waals surface area contributed by atoms with Gasteiger partial charge in [0.15, 0.2) is 4.96 Å². The van der Waals surface area contributed by atoms with E-state index < -0.39 is 18.1 Å². The van der Waals surface area contributed by atoms with Gasteiger partial charge >= 0.3 is 0 Å². The Morgan fingerprint density at radius 2 is 2.14 bits per heavy atom. The Kier molecular flexibility index (Phi) is 5.69. The molecule has 2 aromatic heterocycles. The first-order chi connectivity index (χ1) is 13.4. The first-order valence-corrected chi connectivity index (χ1v) is 9.50. The number of fused-ring (bicyclic) bond motifs is 1. The summed E-state index contributed by atoms with van der Waals surface area (Å²) in [4.78, 5) is 30.4. The van der Waals surface area contributed by atoms with Crippen LogP contribution in [0.2, 0.25) is 0 Å². The van der Waals surface area contributed by atoms with E-state index in [2.05, 4.69) is 16.9 Å². The lowest BCUT2D eigenvalue weighted by Crippen LogP contribution is -2.28. The van der Waals surface area contributed by atoms with Gasteiger partial charge in [-0.25, -0.2) is 18.2 Å². The number of nitrogens with one attached hydrogen (secondary N) is 1. The van der Waals surface area contributed by atoms with E-state index in [1.165, 1.54) is 27.9 Å². The van der Waals surface area contributed by atoms with E-state index in [0.29, 0.717) is 27.6 Å². The number of alkyl halides is 1. The van der Waals surface area contributed by atoms with Gasteiger partial charge in [0.05, 0.1) is 5.69 Å². The molecular weight excluding hydrogens is 384 g/mol. The number of amides is 1. The normalized spacial score (nSPS) is 11.0. The zero-order valence-electron chi connectivity index (χ0n) is 15.5. The molecule has 0 atom stereocenters. The molecule has 1 amide bonds. The quantitative estimate of drug-likeness (QED) is 0.685. The number of hydrogen-bond acceptors (Lipinski definition) is 4. The minimum Gasteiger partial charge on any atom is -0.351 e. The minimum absolute atomic E-state index is 0.0586. The van der Waals surface area contributed by atoms with Crippen LogP contribution in [0, 0.1) is 12.7 Å². The summed E-state index contributed by atoms with van der Waals surface area (Å²) >= 11 is 1.22. The molecule has 146 valence electrons. The number of benzene rings is 1. The Bertz CT molecular complexity index is 1130. The van der Waals surface area contributed by atoms with Gasteiger partial charge in [-0.05, 0) is 25.0 Å². The third-order valence-electron chi connectivity index (χ3n) is 4.29. The molecule has 2 heterocycles. The number of aryl methyl sites for hydroxylation is 1. The summed E-state index contributed by atoms with van der Waals surface area (Å²) < 4.78 is 28.8. The molecule has 0 saturated carbocycles. The zero-order valence-corrected chi connectivity index (χ0v) is 16.3. The lowest BCUT2D eigenvalue weighted by atomic mass is 10.0. The second-order valence-electron chi connectivity index (χ2n) is 6.26. The summed E-state index contributed by atoms with van der Waals surface area (Å²) in [6.45, 7) is 6.66. The van der Waals surface area contributed by atoms with Gasteiger partial charge in [0, 0.05) is 29.5 Å². The van der Waals surface area contributed by atoms with Crippen molar-refractivity contribution in [1.82, 2.24) is 14.7 Å². The highest BCUT2D eigenvalue weighted by Gasteiger charge is 2.19. The Morgan fingerprint density at radius 1 is 1.39 bits per heavy atom. The number of carbonyl (C=O) groups excluding carboxylic acids is 1. The molecule has 0 fully saturated rings. The van der Waals surface area contributed by atoms with Gasteiger partial charge in [0.25, 0.3) is 11.5 Å². The highest BCUT2D eigenvalue weighted by Crippen LogP contribution is 2.23. The molecule has 8 heteroatoms. The minimum atomic E-state index is -0.844. The lowest BCUT2D eigenvalue weighted by molar-refractivity contribution is 0.0949.